The molecule has 18 heavy (non-hydrogen) atoms. The van der Waals surface area contributed by atoms with Crippen molar-refractivity contribution in [2.75, 3.05) is 11.9 Å². The average molecular weight is 247 g/mol. The summed E-state index contributed by atoms with van der Waals surface area (Å²) in [5, 5.41) is 7.22. The van der Waals surface area contributed by atoms with Crippen molar-refractivity contribution < 1.29 is 4.39 Å². The molecular formula is C13H14FN3O. The molecule has 4 nitrogen and oxygen atoms in total. The van der Waals surface area contributed by atoms with E-state index < -0.39 is 0 Å². The van der Waals surface area contributed by atoms with E-state index in [4.69, 9.17) is 0 Å². The first kappa shape index (κ1) is 12.3. The fraction of sp³-hybridized carbons (Fsp3) is 0.231. The van der Waals surface area contributed by atoms with Gasteiger partial charge < -0.3 is 5.32 Å². The van der Waals surface area contributed by atoms with Crippen LogP contribution in [-0.4, -0.2) is 16.3 Å². The molecule has 0 saturated carbocycles. The van der Waals surface area contributed by atoms with Crippen LogP contribution in [0.25, 0.3) is 0 Å². The zero-order valence-corrected chi connectivity index (χ0v) is 10.1. The molecule has 94 valence electrons. The van der Waals surface area contributed by atoms with Crippen molar-refractivity contribution in [3.05, 3.63) is 58.3 Å². The number of rotatable bonds is 4. The lowest BCUT2D eigenvalue weighted by atomic mass is 10.3. The van der Waals surface area contributed by atoms with E-state index in [9.17, 15) is 9.18 Å². The van der Waals surface area contributed by atoms with Crippen molar-refractivity contribution in [2.24, 2.45) is 0 Å². The second-order valence-corrected chi connectivity index (χ2v) is 3.97. The highest BCUT2D eigenvalue weighted by Gasteiger charge is 1.98. The van der Waals surface area contributed by atoms with Gasteiger partial charge in [0.05, 0.1) is 12.2 Å². The van der Waals surface area contributed by atoms with Gasteiger partial charge in [0, 0.05) is 18.3 Å². The van der Waals surface area contributed by atoms with Crippen molar-refractivity contribution in [1.29, 1.82) is 0 Å². The number of benzene rings is 1. The van der Waals surface area contributed by atoms with Gasteiger partial charge in [-0.25, -0.2) is 9.07 Å². The topological polar surface area (TPSA) is 46.9 Å². The maximum atomic E-state index is 12.7. The summed E-state index contributed by atoms with van der Waals surface area (Å²) in [6.45, 7) is 2.86. The van der Waals surface area contributed by atoms with Crippen molar-refractivity contribution >= 4 is 5.69 Å². The SMILES string of the molecule is Cc1ccc(=O)n(CCNc2ccc(F)cc2)n1. The molecule has 0 amide bonds. The van der Waals surface area contributed by atoms with Crippen LogP contribution in [0, 0.1) is 12.7 Å². The molecule has 0 atom stereocenters. The minimum atomic E-state index is -0.267. The van der Waals surface area contributed by atoms with E-state index in [-0.39, 0.29) is 11.4 Å². The van der Waals surface area contributed by atoms with Crippen LogP contribution in [0.5, 0.6) is 0 Å². The first-order valence-electron chi connectivity index (χ1n) is 5.69. The number of aromatic nitrogens is 2. The van der Waals surface area contributed by atoms with Gasteiger partial charge in [-0.1, -0.05) is 0 Å². The van der Waals surface area contributed by atoms with Crippen LogP contribution in [0.1, 0.15) is 5.69 Å². The van der Waals surface area contributed by atoms with E-state index >= 15 is 0 Å². The summed E-state index contributed by atoms with van der Waals surface area (Å²) in [6.07, 6.45) is 0. The van der Waals surface area contributed by atoms with Gasteiger partial charge in [0.1, 0.15) is 5.82 Å². The Kier molecular flexibility index (Phi) is 3.72. The van der Waals surface area contributed by atoms with Crippen molar-refractivity contribution in [2.45, 2.75) is 13.5 Å². The van der Waals surface area contributed by atoms with E-state index in [2.05, 4.69) is 10.4 Å². The van der Waals surface area contributed by atoms with Crippen LogP contribution in [0.4, 0.5) is 10.1 Å². The van der Waals surface area contributed by atoms with Gasteiger partial charge in [0.25, 0.3) is 5.56 Å². The second kappa shape index (κ2) is 5.44. The highest BCUT2D eigenvalue weighted by Crippen LogP contribution is 2.07. The van der Waals surface area contributed by atoms with Crippen LogP contribution >= 0.6 is 0 Å². The van der Waals surface area contributed by atoms with Crippen molar-refractivity contribution in [1.82, 2.24) is 9.78 Å². The van der Waals surface area contributed by atoms with Gasteiger partial charge in [-0.05, 0) is 37.3 Å². The lowest BCUT2D eigenvalue weighted by molar-refractivity contribution is 0.589. The fourth-order valence-electron chi connectivity index (χ4n) is 1.59. The monoisotopic (exact) mass is 247 g/mol. The molecule has 2 rings (SSSR count). The molecular weight excluding hydrogens is 233 g/mol. The minimum Gasteiger partial charge on any atom is -0.383 e. The number of halogens is 1. The first-order valence-corrected chi connectivity index (χ1v) is 5.69. The predicted molar refractivity (Wildman–Crippen MR) is 68.1 cm³/mol. The van der Waals surface area contributed by atoms with Crippen LogP contribution in [-0.2, 0) is 6.54 Å². The zero-order chi connectivity index (χ0) is 13.0. The van der Waals surface area contributed by atoms with Crippen LogP contribution in [0.3, 0.4) is 0 Å². The minimum absolute atomic E-state index is 0.124. The van der Waals surface area contributed by atoms with E-state index in [1.54, 1.807) is 18.2 Å². The lowest BCUT2D eigenvalue weighted by Crippen LogP contribution is -2.25. The summed E-state index contributed by atoms with van der Waals surface area (Å²) < 4.78 is 14.1. The third-order valence-electron chi connectivity index (χ3n) is 2.50. The normalized spacial score (nSPS) is 10.3. The Morgan fingerprint density at radius 3 is 2.67 bits per heavy atom. The maximum Gasteiger partial charge on any atom is 0.266 e. The van der Waals surface area contributed by atoms with Gasteiger partial charge in [0.2, 0.25) is 0 Å². The Labute approximate surface area is 104 Å². The molecule has 0 aliphatic rings. The number of anilines is 1. The van der Waals surface area contributed by atoms with E-state index in [0.717, 1.165) is 11.4 Å². The number of nitrogens with zero attached hydrogens (tertiary/aromatic N) is 2. The molecule has 1 aromatic carbocycles. The Bertz CT molecular complexity index is 578. The summed E-state index contributed by atoms with van der Waals surface area (Å²) in [5.41, 5.74) is 1.50. The Morgan fingerprint density at radius 1 is 1.22 bits per heavy atom. The molecule has 0 fully saturated rings. The first-order chi connectivity index (χ1) is 8.65. The lowest BCUT2D eigenvalue weighted by Gasteiger charge is -2.08. The summed E-state index contributed by atoms with van der Waals surface area (Å²) in [4.78, 5) is 11.5. The standard InChI is InChI=1S/C13H14FN3O/c1-10-2-7-13(18)17(16-10)9-8-15-12-5-3-11(14)4-6-12/h2-7,15H,8-9H2,1H3. The van der Waals surface area contributed by atoms with Crippen LogP contribution < -0.4 is 10.9 Å². The second-order valence-electron chi connectivity index (χ2n) is 3.97. The molecule has 0 radical (unpaired) electrons. The van der Waals surface area contributed by atoms with E-state index in [1.165, 1.54) is 22.9 Å². The van der Waals surface area contributed by atoms with Gasteiger partial charge >= 0.3 is 0 Å². The molecule has 0 bridgehead atoms. The smallest absolute Gasteiger partial charge is 0.266 e. The summed E-state index contributed by atoms with van der Waals surface area (Å²) in [6, 6.07) is 9.27. The number of hydrogen-bond donors (Lipinski definition) is 1. The number of nitrogens with one attached hydrogen (secondary N) is 1. The fourth-order valence-corrected chi connectivity index (χ4v) is 1.59. The Hall–Kier alpha value is -2.17. The van der Waals surface area contributed by atoms with Gasteiger partial charge in [0.15, 0.2) is 0 Å². The van der Waals surface area contributed by atoms with E-state index in [0.29, 0.717) is 13.1 Å². The number of hydrogen-bond acceptors (Lipinski definition) is 3. The van der Waals surface area contributed by atoms with Gasteiger partial charge in [-0.15, -0.1) is 0 Å². The summed E-state index contributed by atoms with van der Waals surface area (Å²) in [5.74, 6) is -0.267. The predicted octanol–water partition coefficient (Wildman–Crippen LogP) is 1.80. The summed E-state index contributed by atoms with van der Waals surface area (Å²) >= 11 is 0. The zero-order valence-electron chi connectivity index (χ0n) is 10.1. The molecule has 1 N–H and O–H groups in total. The molecule has 0 unspecified atom stereocenters. The van der Waals surface area contributed by atoms with Crippen molar-refractivity contribution in [3.63, 3.8) is 0 Å². The molecule has 0 spiro atoms. The highest BCUT2D eigenvalue weighted by atomic mass is 19.1. The molecule has 0 aliphatic carbocycles. The molecule has 0 saturated heterocycles. The summed E-state index contributed by atoms with van der Waals surface area (Å²) in [7, 11) is 0. The molecule has 2 aromatic rings. The van der Waals surface area contributed by atoms with Gasteiger partial charge in [-0.3, -0.25) is 4.79 Å². The van der Waals surface area contributed by atoms with E-state index in [1.807, 2.05) is 6.92 Å². The Balaban J connectivity index is 1.94. The molecule has 5 heteroatoms. The molecule has 1 aromatic heterocycles. The largest absolute Gasteiger partial charge is 0.383 e. The van der Waals surface area contributed by atoms with Gasteiger partial charge in [-0.2, -0.15) is 5.10 Å². The quantitative estimate of drug-likeness (QED) is 0.896. The third kappa shape index (κ3) is 3.16. The molecule has 0 aliphatic heterocycles. The van der Waals surface area contributed by atoms with Crippen LogP contribution in [0.15, 0.2) is 41.2 Å². The maximum absolute atomic E-state index is 12.7. The molecule has 1 heterocycles. The highest BCUT2D eigenvalue weighted by molar-refractivity contribution is 5.42. The Morgan fingerprint density at radius 2 is 1.94 bits per heavy atom. The average Bonchev–Trinajstić information content (AvgIpc) is 2.36. The van der Waals surface area contributed by atoms with Crippen molar-refractivity contribution in [3.8, 4) is 0 Å². The number of aryl methyl sites for hydroxylation is 1. The van der Waals surface area contributed by atoms with Crippen LogP contribution in [0.2, 0.25) is 0 Å². The third-order valence-corrected chi connectivity index (χ3v) is 2.50.